The normalized spacial score (nSPS) is 14.9. The average molecular weight is 472 g/mol. The smallest absolute Gasteiger partial charge is 0.234 e. The van der Waals surface area contributed by atoms with Crippen molar-refractivity contribution < 1.29 is 14.3 Å². The number of aryl methyl sites for hydroxylation is 1. The summed E-state index contributed by atoms with van der Waals surface area (Å²) in [5.41, 5.74) is 5.64. The minimum absolute atomic E-state index is 0.141. The fraction of sp³-hybridized carbons (Fsp3) is 0.387. The number of hydrogen-bond acceptors (Lipinski definition) is 3. The van der Waals surface area contributed by atoms with Crippen molar-refractivity contribution >= 4 is 11.6 Å². The molecule has 1 aliphatic rings. The lowest BCUT2D eigenvalue weighted by Crippen LogP contribution is -2.36. The Balaban J connectivity index is 1.66. The largest absolute Gasteiger partial charge is 0.497 e. The topological polar surface area (TPSA) is 38.8 Å². The third kappa shape index (κ3) is 5.87. The van der Waals surface area contributed by atoms with Crippen molar-refractivity contribution in [2.75, 3.05) is 18.6 Å². The van der Waals surface area contributed by atoms with Gasteiger partial charge in [-0.2, -0.15) is 0 Å². The first-order valence-electron chi connectivity index (χ1n) is 12.8. The molecule has 0 saturated carbocycles. The highest BCUT2D eigenvalue weighted by molar-refractivity contribution is 5.98. The predicted octanol–water partition coefficient (Wildman–Crippen LogP) is 7.26. The molecule has 1 amide bonds. The fourth-order valence-electron chi connectivity index (χ4n) is 4.78. The number of hydrogen-bond donors (Lipinski definition) is 0. The van der Waals surface area contributed by atoms with Gasteiger partial charge in [0.15, 0.2) is 0 Å². The molecular weight excluding hydrogens is 434 g/mol. The average Bonchev–Trinajstić information content (AvgIpc) is 2.90. The van der Waals surface area contributed by atoms with Crippen molar-refractivity contribution in [1.82, 2.24) is 0 Å². The molecule has 3 aromatic carbocycles. The molecule has 0 heterocycles. The van der Waals surface area contributed by atoms with Crippen LogP contribution in [0.2, 0.25) is 0 Å². The maximum absolute atomic E-state index is 14.2. The van der Waals surface area contributed by atoms with Crippen LogP contribution in [0, 0.1) is 0 Å². The summed E-state index contributed by atoms with van der Waals surface area (Å²) in [6, 6.07) is 22.7. The van der Waals surface area contributed by atoms with Crippen molar-refractivity contribution in [3.8, 4) is 11.5 Å². The van der Waals surface area contributed by atoms with Gasteiger partial charge in [-0.05, 0) is 90.3 Å². The van der Waals surface area contributed by atoms with Gasteiger partial charge in [-0.3, -0.25) is 4.79 Å². The second-order valence-corrected chi connectivity index (χ2v) is 9.67. The highest BCUT2D eigenvalue weighted by Crippen LogP contribution is 2.37. The number of ether oxygens (including phenoxy) is 2. The van der Waals surface area contributed by atoms with Crippen LogP contribution in [0.5, 0.6) is 11.5 Å². The van der Waals surface area contributed by atoms with E-state index in [0.29, 0.717) is 19.1 Å². The summed E-state index contributed by atoms with van der Waals surface area (Å²) < 4.78 is 11.2. The zero-order chi connectivity index (χ0) is 24.8. The highest BCUT2D eigenvalue weighted by atomic mass is 16.5. The standard InChI is InChI=1S/C31H37NO3/c1-5-19-35-27-16-9-23(10-17-27)21-32(26-14-11-24(12-15-26)22(2)3)31(33)29-8-6-7-25-13-18-28(34-4)20-30(25)29/h9-18,20,22,29H,5-8,19,21H2,1-4H3. The summed E-state index contributed by atoms with van der Waals surface area (Å²) in [4.78, 5) is 16.1. The Labute approximate surface area is 209 Å². The fourth-order valence-corrected chi connectivity index (χ4v) is 4.78. The van der Waals surface area contributed by atoms with Crippen LogP contribution in [-0.4, -0.2) is 19.6 Å². The van der Waals surface area contributed by atoms with Crippen molar-refractivity contribution in [1.29, 1.82) is 0 Å². The molecule has 0 radical (unpaired) electrons. The Morgan fingerprint density at radius 2 is 1.71 bits per heavy atom. The van der Waals surface area contributed by atoms with Crippen molar-refractivity contribution in [3.63, 3.8) is 0 Å². The van der Waals surface area contributed by atoms with Gasteiger partial charge in [0.05, 0.1) is 26.2 Å². The van der Waals surface area contributed by atoms with E-state index in [9.17, 15) is 4.79 Å². The van der Waals surface area contributed by atoms with E-state index in [1.807, 2.05) is 23.1 Å². The van der Waals surface area contributed by atoms with Crippen LogP contribution in [0.15, 0.2) is 66.7 Å². The molecule has 4 rings (SSSR count). The molecule has 184 valence electrons. The molecule has 4 nitrogen and oxygen atoms in total. The van der Waals surface area contributed by atoms with E-state index in [4.69, 9.17) is 9.47 Å². The lowest BCUT2D eigenvalue weighted by atomic mass is 9.81. The van der Waals surface area contributed by atoms with Gasteiger partial charge in [-0.1, -0.05) is 51.1 Å². The number of carbonyl (C=O) groups is 1. The van der Waals surface area contributed by atoms with Gasteiger partial charge in [-0.15, -0.1) is 0 Å². The van der Waals surface area contributed by atoms with E-state index in [-0.39, 0.29) is 11.8 Å². The number of benzene rings is 3. The van der Waals surface area contributed by atoms with Crippen LogP contribution in [0.4, 0.5) is 5.69 Å². The third-order valence-corrected chi connectivity index (χ3v) is 6.84. The van der Waals surface area contributed by atoms with Crippen LogP contribution < -0.4 is 14.4 Å². The van der Waals surface area contributed by atoms with Gasteiger partial charge in [0, 0.05) is 5.69 Å². The first kappa shape index (κ1) is 24.8. The van der Waals surface area contributed by atoms with Gasteiger partial charge in [0.25, 0.3) is 0 Å². The summed E-state index contributed by atoms with van der Waals surface area (Å²) in [5, 5.41) is 0. The summed E-state index contributed by atoms with van der Waals surface area (Å²) >= 11 is 0. The van der Waals surface area contributed by atoms with E-state index in [1.165, 1.54) is 11.1 Å². The Hall–Kier alpha value is -3.27. The van der Waals surface area contributed by atoms with Gasteiger partial charge in [-0.25, -0.2) is 0 Å². The van der Waals surface area contributed by atoms with Gasteiger partial charge < -0.3 is 14.4 Å². The van der Waals surface area contributed by atoms with Crippen LogP contribution in [0.25, 0.3) is 0 Å². The Morgan fingerprint density at radius 3 is 2.37 bits per heavy atom. The van der Waals surface area contributed by atoms with E-state index in [1.54, 1.807) is 7.11 Å². The molecule has 0 spiro atoms. The molecule has 3 aromatic rings. The maximum atomic E-state index is 14.2. The molecule has 0 fully saturated rings. The molecule has 0 bridgehead atoms. The molecule has 1 aliphatic carbocycles. The van der Waals surface area contributed by atoms with Gasteiger partial charge >= 0.3 is 0 Å². The number of anilines is 1. The summed E-state index contributed by atoms with van der Waals surface area (Å²) in [7, 11) is 1.68. The minimum atomic E-state index is -0.175. The summed E-state index contributed by atoms with van der Waals surface area (Å²) in [5.74, 6) is 2.08. The Kier molecular flexibility index (Phi) is 8.12. The van der Waals surface area contributed by atoms with Crippen LogP contribution in [0.1, 0.15) is 74.1 Å². The number of rotatable bonds is 9. The number of amides is 1. The molecule has 0 aliphatic heterocycles. The molecule has 0 aromatic heterocycles. The number of carbonyl (C=O) groups excluding carboxylic acids is 1. The SMILES string of the molecule is CCCOc1ccc(CN(C(=O)C2CCCc3ccc(OC)cc32)c2ccc(C(C)C)cc2)cc1. The lowest BCUT2D eigenvalue weighted by molar-refractivity contribution is -0.120. The van der Waals surface area contributed by atoms with Crippen molar-refractivity contribution in [2.45, 2.75) is 64.8 Å². The summed E-state index contributed by atoms with van der Waals surface area (Å²) in [6.07, 6.45) is 3.85. The second kappa shape index (κ2) is 11.4. The van der Waals surface area contributed by atoms with E-state index >= 15 is 0 Å². The van der Waals surface area contributed by atoms with Crippen LogP contribution in [0.3, 0.4) is 0 Å². The monoisotopic (exact) mass is 471 g/mol. The van der Waals surface area contributed by atoms with Gasteiger partial charge in [0.1, 0.15) is 11.5 Å². The first-order chi connectivity index (χ1) is 17.0. The Morgan fingerprint density at radius 1 is 1.00 bits per heavy atom. The molecule has 4 heteroatoms. The first-order valence-corrected chi connectivity index (χ1v) is 12.8. The van der Waals surface area contributed by atoms with Crippen LogP contribution >= 0.6 is 0 Å². The maximum Gasteiger partial charge on any atom is 0.234 e. The quantitative estimate of drug-likeness (QED) is 0.330. The van der Waals surface area contributed by atoms with Gasteiger partial charge in [0.2, 0.25) is 5.91 Å². The molecule has 1 atom stereocenters. The number of methoxy groups -OCH3 is 1. The third-order valence-electron chi connectivity index (χ3n) is 6.84. The van der Waals surface area contributed by atoms with Crippen LogP contribution in [-0.2, 0) is 17.8 Å². The molecular formula is C31H37NO3. The van der Waals surface area contributed by atoms with E-state index in [0.717, 1.165) is 54.0 Å². The molecule has 0 N–H and O–H groups in total. The Bertz CT molecular complexity index is 1120. The van der Waals surface area contributed by atoms with E-state index < -0.39 is 0 Å². The highest BCUT2D eigenvalue weighted by Gasteiger charge is 2.31. The van der Waals surface area contributed by atoms with Crippen molar-refractivity contribution in [3.05, 3.63) is 89.0 Å². The molecule has 0 saturated heterocycles. The number of fused-ring (bicyclic) bond motifs is 1. The molecule has 1 unspecified atom stereocenters. The molecule has 35 heavy (non-hydrogen) atoms. The zero-order valence-electron chi connectivity index (χ0n) is 21.4. The second-order valence-electron chi connectivity index (χ2n) is 9.67. The van der Waals surface area contributed by atoms with E-state index in [2.05, 4.69) is 69.3 Å². The minimum Gasteiger partial charge on any atom is -0.497 e. The van der Waals surface area contributed by atoms with Crippen molar-refractivity contribution in [2.24, 2.45) is 0 Å². The predicted molar refractivity (Wildman–Crippen MR) is 143 cm³/mol. The lowest BCUT2D eigenvalue weighted by Gasteiger charge is -2.31. The number of nitrogens with zero attached hydrogens (tertiary/aromatic N) is 1. The zero-order valence-corrected chi connectivity index (χ0v) is 21.4. The summed E-state index contributed by atoms with van der Waals surface area (Å²) in [6.45, 7) is 7.70.